The molecule has 0 aromatic carbocycles. The van der Waals surface area contributed by atoms with Crippen molar-refractivity contribution in [3.8, 4) is 12.3 Å². The van der Waals surface area contributed by atoms with Gasteiger partial charge in [-0.05, 0) is 19.4 Å². The molecule has 1 rings (SSSR count). The van der Waals surface area contributed by atoms with Crippen molar-refractivity contribution in [2.45, 2.75) is 13.8 Å². The Balaban J connectivity index is 3.41. The summed E-state index contributed by atoms with van der Waals surface area (Å²) >= 11 is 0. The molecule has 1 N–H and O–H groups in total. The zero-order valence-electron chi connectivity index (χ0n) is 6.56. The number of nitrogens with one attached hydrogen (secondary N) is 1. The second-order valence-corrected chi connectivity index (χ2v) is 2.43. The lowest BCUT2D eigenvalue weighted by Crippen LogP contribution is -1.83. The van der Waals surface area contributed by atoms with E-state index in [4.69, 9.17) is 6.42 Å². The van der Waals surface area contributed by atoms with Crippen LogP contribution in [0, 0.1) is 26.2 Å². The molecule has 1 heterocycles. The lowest BCUT2D eigenvalue weighted by atomic mass is 10.1. The maximum Gasteiger partial charge on any atom is 0.167 e. The van der Waals surface area contributed by atoms with Crippen LogP contribution in [0.25, 0.3) is 0 Å². The van der Waals surface area contributed by atoms with Gasteiger partial charge in [0.05, 0.1) is 11.3 Å². The zero-order chi connectivity index (χ0) is 8.43. The number of carbonyl (C=O) groups is 1. The van der Waals surface area contributed by atoms with E-state index in [1.54, 1.807) is 0 Å². The summed E-state index contributed by atoms with van der Waals surface area (Å²) < 4.78 is 0. The fourth-order valence-electron chi connectivity index (χ4n) is 1.02. The van der Waals surface area contributed by atoms with Crippen LogP contribution in [-0.2, 0) is 0 Å². The molecule has 2 heteroatoms. The summed E-state index contributed by atoms with van der Waals surface area (Å²) in [4.78, 5) is 13.3. The van der Waals surface area contributed by atoms with Gasteiger partial charge < -0.3 is 4.98 Å². The van der Waals surface area contributed by atoms with Crippen molar-refractivity contribution in [2.24, 2.45) is 0 Å². The Bertz CT molecular complexity index is 328. The van der Waals surface area contributed by atoms with Gasteiger partial charge in [0.25, 0.3) is 0 Å². The minimum atomic E-state index is 0.502. The number of aromatic amines is 1. The summed E-state index contributed by atoms with van der Waals surface area (Å²) in [6.45, 7) is 3.79. The van der Waals surface area contributed by atoms with E-state index in [0.29, 0.717) is 11.3 Å². The number of terminal acetylenes is 1. The molecule has 2 nitrogen and oxygen atoms in total. The first-order valence-electron chi connectivity index (χ1n) is 3.31. The molecule has 0 saturated heterocycles. The third-order valence-electron chi connectivity index (χ3n) is 1.79. The molecule has 0 aliphatic carbocycles. The molecule has 0 atom stereocenters. The van der Waals surface area contributed by atoms with Gasteiger partial charge in [-0.15, -0.1) is 6.42 Å². The molecule has 0 radical (unpaired) electrons. The Hall–Kier alpha value is -1.49. The first-order chi connectivity index (χ1) is 5.20. The molecule has 0 fully saturated rings. The molecule has 0 bridgehead atoms. The van der Waals surface area contributed by atoms with Crippen LogP contribution in [0.1, 0.15) is 27.3 Å². The summed E-state index contributed by atoms with van der Waals surface area (Å²) in [5.41, 5.74) is 3.12. The van der Waals surface area contributed by atoms with Gasteiger partial charge in [0.1, 0.15) is 0 Å². The van der Waals surface area contributed by atoms with E-state index < -0.39 is 0 Å². The fourth-order valence-corrected chi connectivity index (χ4v) is 1.02. The number of rotatable bonds is 1. The predicted octanol–water partition coefficient (Wildman–Crippen LogP) is 1.43. The topological polar surface area (TPSA) is 32.9 Å². The molecular formula is C9H9NO. The maximum absolute atomic E-state index is 10.4. The highest BCUT2D eigenvalue weighted by atomic mass is 16.1. The number of aldehydes is 1. The van der Waals surface area contributed by atoms with E-state index in [0.717, 1.165) is 17.5 Å². The first-order valence-corrected chi connectivity index (χ1v) is 3.31. The SMILES string of the molecule is C#Cc1c(C=O)[nH]c(C)c1C. The second-order valence-electron chi connectivity index (χ2n) is 2.43. The smallest absolute Gasteiger partial charge is 0.167 e. The largest absolute Gasteiger partial charge is 0.355 e. The lowest BCUT2D eigenvalue weighted by Gasteiger charge is -1.87. The van der Waals surface area contributed by atoms with Crippen molar-refractivity contribution < 1.29 is 4.79 Å². The van der Waals surface area contributed by atoms with E-state index in [1.807, 2.05) is 13.8 Å². The van der Waals surface area contributed by atoms with Crippen molar-refractivity contribution in [1.82, 2.24) is 4.98 Å². The van der Waals surface area contributed by atoms with E-state index in [9.17, 15) is 4.79 Å². The molecule has 0 aliphatic rings. The molecule has 1 aromatic heterocycles. The maximum atomic E-state index is 10.4. The lowest BCUT2D eigenvalue weighted by molar-refractivity contribution is 0.111. The quantitative estimate of drug-likeness (QED) is 0.473. The van der Waals surface area contributed by atoms with Gasteiger partial charge in [-0.25, -0.2) is 0 Å². The predicted molar refractivity (Wildman–Crippen MR) is 43.6 cm³/mol. The molecule has 0 aliphatic heterocycles. The molecule has 0 spiro atoms. The van der Waals surface area contributed by atoms with Gasteiger partial charge in [0, 0.05) is 5.69 Å². The Morgan fingerprint density at radius 1 is 1.55 bits per heavy atom. The third kappa shape index (κ3) is 1.05. The summed E-state index contributed by atoms with van der Waals surface area (Å²) in [7, 11) is 0. The van der Waals surface area contributed by atoms with Crippen LogP contribution in [0.15, 0.2) is 0 Å². The van der Waals surface area contributed by atoms with Crippen LogP contribution in [0.5, 0.6) is 0 Å². The minimum Gasteiger partial charge on any atom is -0.355 e. The van der Waals surface area contributed by atoms with E-state index in [2.05, 4.69) is 10.9 Å². The summed E-state index contributed by atoms with van der Waals surface area (Å²) in [6, 6.07) is 0. The molecule has 0 amide bonds. The van der Waals surface area contributed by atoms with Crippen molar-refractivity contribution >= 4 is 6.29 Å². The van der Waals surface area contributed by atoms with E-state index >= 15 is 0 Å². The van der Waals surface area contributed by atoms with Crippen LogP contribution in [-0.4, -0.2) is 11.3 Å². The Morgan fingerprint density at radius 2 is 2.18 bits per heavy atom. The van der Waals surface area contributed by atoms with Gasteiger partial charge >= 0.3 is 0 Å². The molecule has 1 aromatic rings. The highest BCUT2D eigenvalue weighted by Gasteiger charge is 2.07. The highest BCUT2D eigenvalue weighted by Crippen LogP contribution is 2.14. The van der Waals surface area contributed by atoms with Crippen LogP contribution in [0.4, 0.5) is 0 Å². The highest BCUT2D eigenvalue weighted by molar-refractivity contribution is 5.78. The van der Waals surface area contributed by atoms with Crippen LogP contribution in [0.2, 0.25) is 0 Å². The van der Waals surface area contributed by atoms with Gasteiger partial charge in [-0.3, -0.25) is 4.79 Å². The van der Waals surface area contributed by atoms with Crippen molar-refractivity contribution in [1.29, 1.82) is 0 Å². The molecule has 11 heavy (non-hydrogen) atoms. The fraction of sp³-hybridized carbons (Fsp3) is 0.222. The van der Waals surface area contributed by atoms with E-state index in [1.165, 1.54) is 0 Å². The molecule has 56 valence electrons. The first kappa shape index (κ1) is 7.62. The van der Waals surface area contributed by atoms with Gasteiger partial charge in [-0.1, -0.05) is 5.92 Å². The average molecular weight is 147 g/mol. The Labute approximate surface area is 65.6 Å². The number of hydrogen-bond acceptors (Lipinski definition) is 1. The van der Waals surface area contributed by atoms with Crippen molar-refractivity contribution in [3.05, 3.63) is 22.5 Å². The van der Waals surface area contributed by atoms with Gasteiger partial charge in [0.2, 0.25) is 0 Å². The van der Waals surface area contributed by atoms with Crippen LogP contribution in [0.3, 0.4) is 0 Å². The minimum absolute atomic E-state index is 0.502. The Kier molecular flexibility index (Phi) is 1.82. The monoisotopic (exact) mass is 147 g/mol. The summed E-state index contributed by atoms with van der Waals surface area (Å²) in [5, 5.41) is 0. The van der Waals surface area contributed by atoms with Crippen molar-refractivity contribution in [2.75, 3.05) is 0 Å². The third-order valence-corrected chi connectivity index (χ3v) is 1.79. The van der Waals surface area contributed by atoms with Crippen LogP contribution >= 0.6 is 0 Å². The number of hydrogen-bond donors (Lipinski definition) is 1. The van der Waals surface area contributed by atoms with Gasteiger partial charge in [-0.2, -0.15) is 0 Å². The Morgan fingerprint density at radius 3 is 2.55 bits per heavy atom. The van der Waals surface area contributed by atoms with E-state index in [-0.39, 0.29) is 0 Å². The molecule has 0 saturated carbocycles. The van der Waals surface area contributed by atoms with Crippen molar-refractivity contribution in [3.63, 3.8) is 0 Å². The number of H-pyrrole nitrogens is 1. The van der Waals surface area contributed by atoms with Crippen LogP contribution < -0.4 is 0 Å². The van der Waals surface area contributed by atoms with Gasteiger partial charge in [0.15, 0.2) is 6.29 Å². The summed E-state index contributed by atoms with van der Waals surface area (Å²) in [5.74, 6) is 2.47. The average Bonchev–Trinajstić information content (AvgIpc) is 2.28. The standard InChI is InChI=1S/C9H9NO/c1-4-8-6(2)7(3)10-9(8)5-11/h1,5,10H,2-3H3. The molecular weight excluding hydrogens is 138 g/mol. The molecule has 0 unspecified atom stereocenters. The zero-order valence-corrected chi connectivity index (χ0v) is 6.56. The summed E-state index contributed by atoms with van der Waals surface area (Å²) in [6.07, 6.45) is 5.96. The second kappa shape index (κ2) is 2.63. The number of aromatic nitrogens is 1. The number of aryl methyl sites for hydroxylation is 1. The normalized spacial score (nSPS) is 9.18. The number of carbonyl (C=O) groups excluding carboxylic acids is 1.